The van der Waals surface area contributed by atoms with Gasteiger partial charge in [0.1, 0.15) is 0 Å². The number of hydrogen-bond donors (Lipinski definition) is 2. The Balaban J connectivity index is 1.88. The van der Waals surface area contributed by atoms with Crippen LogP contribution in [0.15, 0.2) is 59.4 Å². The zero-order valence-electron chi connectivity index (χ0n) is 15.5. The molecule has 0 saturated heterocycles. The minimum Gasteiger partial charge on any atom is -0.493 e. The molecule has 2 aromatic carbocycles. The lowest BCUT2D eigenvalue weighted by Gasteiger charge is -2.24. The Kier molecular flexibility index (Phi) is 6.21. The molecule has 1 aromatic heterocycles. The van der Waals surface area contributed by atoms with Crippen molar-refractivity contribution >= 4 is 27.0 Å². The van der Waals surface area contributed by atoms with Crippen molar-refractivity contribution in [2.75, 3.05) is 10.1 Å². The highest BCUT2D eigenvalue weighted by Gasteiger charge is 2.22. The maximum absolute atomic E-state index is 12.9. The fourth-order valence-corrected chi connectivity index (χ4v) is 5.22. The second-order valence-electron chi connectivity index (χ2n) is 6.40. The monoisotopic (exact) mass is 418 g/mol. The lowest BCUT2D eigenvalue weighted by atomic mass is 10.1. The molecule has 0 spiro atoms. The molecule has 0 aliphatic carbocycles. The molecule has 3 aromatic rings. The molecule has 8 heteroatoms. The predicted molar refractivity (Wildman–Crippen MR) is 113 cm³/mol. The zero-order chi connectivity index (χ0) is 20.1. The van der Waals surface area contributed by atoms with Crippen LogP contribution in [0.1, 0.15) is 25.3 Å². The van der Waals surface area contributed by atoms with Gasteiger partial charge in [0, 0.05) is 0 Å². The van der Waals surface area contributed by atoms with Crippen molar-refractivity contribution < 1.29 is 13.5 Å². The number of para-hydroxylation sites is 1. The van der Waals surface area contributed by atoms with Gasteiger partial charge in [0.2, 0.25) is 15.9 Å². The lowest BCUT2D eigenvalue weighted by molar-refractivity contribution is 0.458. The number of anilines is 1. The number of rotatable bonds is 8. The molecule has 0 atom stereocenters. The zero-order valence-corrected chi connectivity index (χ0v) is 17.1. The fourth-order valence-electron chi connectivity index (χ4n) is 2.82. The molecule has 6 nitrogen and oxygen atoms in total. The largest absolute Gasteiger partial charge is 0.493 e. The molecule has 1 heterocycles. The molecule has 2 N–H and O–H groups in total. The van der Waals surface area contributed by atoms with E-state index in [9.17, 15) is 18.3 Å². The topological polar surface area (TPSA) is 90.5 Å². The number of H-pyrrole nitrogens is 1. The number of benzene rings is 2. The molecular weight excluding hydrogens is 396 g/mol. The quantitative estimate of drug-likeness (QED) is 0.580. The van der Waals surface area contributed by atoms with Gasteiger partial charge in [-0.3, -0.25) is 14.1 Å². The minimum atomic E-state index is -3.45. The average molecular weight is 419 g/mol. The van der Waals surface area contributed by atoms with Crippen molar-refractivity contribution in [3.05, 3.63) is 69.8 Å². The summed E-state index contributed by atoms with van der Waals surface area (Å²) in [5.41, 5.74) is 2.14. The van der Waals surface area contributed by atoms with Crippen LogP contribution < -0.4 is 9.18 Å². The molecule has 0 saturated carbocycles. The Morgan fingerprint density at radius 1 is 1.07 bits per heavy atom. The van der Waals surface area contributed by atoms with Crippen LogP contribution in [0.2, 0.25) is 0 Å². The highest BCUT2D eigenvalue weighted by molar-refractivity contribution is 7.92. The van der Waals surface area contributed by atoms with Crippen LogP contribution in [0.4, 0.5) is 5.69 Å². The molecule has 0 fully saturated rings. The van der Waals surface area contributed by atoms with Crippen molar-refractivity contribution in [2.24, 2.45) is 0 Å². The molecule has 0 bridgehead atoms. The highest BCUT2D eigenvalue weighted by atomic mass is 32.2. The Labute approximate surface area is 168 Å². The number of unbranched alkanes of at least 4 members (excludes halogenated alkanes) is 1. The smallest absolute Gasteiger partial charge is 0.307 e. The molecule has 148 valence electrons. The summed E-state index contributed by atoms with van der Waals surface area (Å²) in [5.74, 6) is -0.0578. The number of sulfonamides is 1. The van der Waals surface area contributed by atoms with Gasteiger partial charge in [-0.25, -0.2) is 8.42 Å². The van der Waals surface area contributed by atoms with Gasteiger partial charge in [-0.15, -0.1) is 0 Å². The second-order valence-corrected chi connectivity index (χ2v) is 9.40. The third-order valence-corrected chi connectivity index (χ3v) is 7.05. The van der Waals surface area contributed by atoms with Gasteiger partial charge in [-0.2, -0.15) is 0 Å². The SMILES string of the molecule is CCCCS(=O)(=O)N(Cc1ccc(-c2sc(=O)[nH]c2O)cc1)c1ccccc1. The first kappa shape index (κ1) is 20.2. The van der Waals surface area contributed by atoms with E-state index in [1.807, 2.05) is 37.3 Å². The minimum absolute atomic E-state index is 0.0989. The predicted octanol–water partition coefficient (Wildman–Crippen LogP) is 3.95. The molecule has 0 amide bonds. The van der Waals surface area contributed by atoms with Crippen LogP contribution in [0.25, 0.3) is 10.4 Å². The van der Waals surface area contributed by atoms with Crippen molar-refractivity contribution in [2.45, 2.75) is 26.3 Å². The number of aromatic nitrogens is 1. The summed E-state index contributed by atoms with van der Waals surface area (Å²) < 4.78 is 27.2. The molecule has 28 heavy (non-hydrogen) atoms. The summed E-state index contributed by atoms with van der Waals surface area (Å²) in [7, 11) is -3.45. The van der Waals surface area contributed by atoms with Crippen molar-refractivity contribution in [1.82, 2.24) is 4.98 Å². The van der Waals surface area contributed by atoms with E-state index in [1.165, 1.54) is 4.31 Å². The molecule has 0 radical (unpaired) electrons. The Morgan fingerprint density at radius 2 is 1.75 bits per heavy atom. The first-order valence-electron chi connectivity index (χ1n) is 8.97. The van der Waals surface area contributed by atoms with Crippen molar-refractivity contribution in [3.63, 3.8) is 0 Å². The number of nitrogens with zero attached hydrogens (tertiary/aromatic N) is 1. The van der Waals surface area contributed by atoms with E-state index in [0.717, 1.165) is 23.3 Å². The van der Waals surface area contributed by atoms with E-state index in [-0.39, 0.29) is 23.1 Å². The number of aromatic amines is 1. The molecule has 0 unspecified atom stereocenters. The van der Waals surface area contributed by atoms with Crippen LogP contribution in [-0.4, -0.2) is 24.3 Å². The first-order chi connectivity index (χ1) is 13.4. The lowest BCUT2D eigenvalue weighted by Crippen LogP contribution is -2.32. The third-order valence-electron chi connectivity index (χ3n) is 4.31. The normalized spacial score (nSPS) is 11.5. The van der Waals surface area contributed by atoms with Crippen LogP contribution in [0.5, 0.6) is 5.88 Å². The van der Waals surface area contributed by atoms with Gasteiger partial charge in [0.05, 0.1) is 22.9 Å². The maximum Gasteiger partial charge on any atom is 0.307 e. The van der Waals surface area contributed by atoms with Crippen LogP contribution >= 0.6 is 11.3 Å². The Bertz CT molecular complexity index is 1070. The van der Waals surface area contributed by atoms with E-state index < -0.39 is 10.0 Å². The molecule has 0 aliphatic rings. The summed E-state index contributed by atoms with van der Waals surface area (Å²) in [6.07, 6.45) is 1.41. The third kappa shape index (κ3) is 4.63. The van der Waals surface area contributed by atoms with Crippen molar-refractivity contribution in [1.29, 1.82) is 0 Å². The first-order valence-corrected chi connectivity index (χ1v) is 11.4. The second kappa shape index (κ2) is 8.62. The molecular formula is C20H22N2O4S2. The average Bonchev–Trinajstić information content (AvgIpc) is 3.03. The van der Waals surface area contributed by atoms with Crippen LogP contribution in [0.3, 0.4) is 0 Å². The van der Waals surface area contributed by atoms with Crippen LogP contribution in [0, 0.1) is 0 Å². The van der Waals surface area contributed by atoms with Gasteiger partial charge >= 0.3 is 4.87 Å². The van der Waals surface area contributed by atoms with Crippen LogP contribution in [-0.2, 0) is 16.6 Å². The summed E-state index contributed by atoms with van der Waals surface area (Å²) >= 11 is 0.930. The van der Waals surface area contributed by atoms with E-state index in [0.29, 0.717) is 22.5 Å². The summed E-state index contributed by atoms with van der Waals surface area (Å²) in [6, 6.07) is 16.2. The van der Waals surface area contributed by atoms with Gasteiger partial charge < -0.3 is 5.11 Å². The number of aromatic hydroxyl groups is 1. The summed E-state index contributed by atoms with van der Waals surface area (Å²) in [5, 5.41) is 9.80. The van der Waals surface area contributed by atoms with Gasteiger partial charge in [0.15, 0.2) is 0 Å². The summed E-state index contributed by atoms with van der Waals surface area (Å²) in [4.78, 5) is 13.9. The van der Waals surface area contributed by atoms with Gasteiger partial charge in [-0.05, 0) is 29.7 Å². The standard InChI is InChI=1S/C20H22N2O4S2/c1-2-3-13-28(25,26)22(17-7-5-4-6-8-17)14-15-9-11-16(12-10-15)18-19(23)21-20(24)27-18/h4-12,23H,2-3,13-14H2,1H3,(H,21,24). The van der Waals surface area contributed by atoms with Gasteiger partial charge in [0.25, 0.3) is 0 Å². The molecule has 3 rings (SSSR count). The van der Waals surface area contributed by atoms with E-state index in [1.54, 1.807) is 24.3 Å². The van der Waals surface area contributed by atoms with Crippen molar-refractivity contribution in [3.8, 4) is 16.3 Å². The van der Waals surface area contributed by atoms with E-state index >= 15 is 0 Å². The Hall–Kier alpha value is -2.58. The number of thiazole rings is 1. The summed E-state index contributed by atoms with van der Waals surface area (Å²) in [6.45, 7) is 2.18. The van der Waals surface area contributed by atoms with Gasteiger partial charge in [-0.1, -0.05) is 67.1 Å². The fraction of sp³-hybridized carbons (Fsp3) is 0.250. The number of hydrogen-bond acceptors (Lipinski definition) is 5. The number of nitrogens with one attached hydrogen (secondary N) is 1. The molecule has 0 aliphatic heterocycles. The highest BCUT2D eigenvalue weighted by Crippen LogP contribution is 2.30. The van der Waals surface area contributed by atoms with E-state index in [2.05, 4.69) is 4.98 Å². The van der Waals surface area contributed by atoms with E-state index in [4.69, 9.17) is 0 Å². The Morgan fingerprint density at radius 3 is 2.32 bits per heavy atom. The maximum atomic E-state index is 12.9.